The Kier molecular flexibility index (Phi) is 6.01. The summed E-state index contributed by atoms with van der Waals surface area (Å²) in [7, 11) is 0. The number of carbonyl (C=O) groups excluding carboxylic acids is 2. The fourth-order valence-electron chi connectivity index (χ4n) is 2.17. The Morgan fingerprint density at radius 2 is 1.50 bits per heavy atom. The van der Waals surface area contributed by atoms with Crippen LogP contribution in [-0.2, 0) is 11.3 Å². The second-order valence-corrected chi connectivity index (χ2v) is 5.33. The first-order valence-electron chi connectivity index (χ1n) is 7.49. The zero-order valence-corrected chi connectivity index (χ0v) is 13.3. The minimum Gasteiger partial charge on any atom is -0.350 e. The highest BCUT2D eigenvalue weighted by molar-refractivity contribution is 5.94. The number of hydrogen-bond donors (Lipinski definition) is 1. The van der Waals surface area contributed by atoms with Gasteiger partial charge in [-0.05, 0) is 42.0 Å². The normalized spacial score (nSPS) is 10.3. The van der Waals surface area contributed by atoms with Gasteiger partial charge in [0.25, 0.3) is 5.91 Å². The topological polar surface area (TPSA) is 49.4 Å². The molecule has 2 aromatic carbocycles. The summed E-state index contributed by atoms with van der Waals surface area (Å²) in [6.07, 6.45) is 0. The van der Waals surface area contributed by atoms with Crippen LogP contribution in [0.25, 0.3) is 0 Å². The summed E-state index contributed by atoms with van der Waals surface area (Å²) in [6.45, 7) is 2.35. The van der Waals surface area contributed by atoms with Crippen LogP contribution in [-0.4, -0.2) is 29.8 Å². The Morgan fingerprint density at radius 1 is 0.958 bits per heavy atom. The molecule has 0 atom stereocenters. The molecule has 0 aliphatic heterocycles. The monoisotopic (exact) mass is 332 g/mol. The highest BCUT2D eigenvalue weighted by atomic mass is 19.1. The van der Waals surface area contributed by atoms with E-state index in [1.807, 2.05) is 0 Å². The molecule has 0 bridgehead atoms. The molecule has 2 rings (SSSR count). The van der Waals surface area contributed by atoms with Gasteiger partial charge < -0.3 is 10.2 Å². The van der Waals surface area contributed by atoms with Crippen molar-refractivity contribution in [2.24, 2.45) is 0 Å². The standard InChI is InChI=1S/C18H18F2N2O2/c1-13(23)22(12-14-2-6-16(19)7-3-14)11-10-21-18(24)15-4-8-17(20)9-5-15/h2-9H,10-12H2,1H3,(H,21,24). The number of rotatable bonds is 6. The van der Waals surface area contributed by atoms with Crippen molar-refractivity contribution in [2.45, 2.75) is 13.5 Å². The van der Waals surface area contributed by atoms with Crippen molar-refractivity contribution in [1.29, 1.82) is 0 Å². The summed E-state index contributed by atoms with van der Waals surface area (Å²) in [5.74, 6) is -1.22. The third kappa shape index (κ3) is 5.15. The van der Waals surface area contributed by atoms with E-state index in [0.717, 1.165) is 5.56 Å². The zero-order chi connectivity index (χ0) is 17.5. The predicted octanol–water partition coefficient (Wildman–Crippen LogP) is 2.74. The van der Waals surface area contributed by atoms with Crippen molar-refractivity contribution in [3.05, 3.63) is 71.3 Å². The van der Waals surface area contributed by atoms with Crippen molar-refractivity contribution in [3.63, 3.8) is 0 Å². The third-order valence-corrected chi connectivity index (χ3v) is 3.51. The minimum atomic E-state index is -0.409. The van der Waals surface area contributed by atoms with Crippen LogP contribution in [0.2, 0.25) is 0 Å². The van der Waals surface area contributed by atoms with Gasteiger partial charge in [0, 0.05) is 32.1 Å². The van der Waals surface area contributed by atoms with Crippen LogP contribution in [0.3, 0.4) is 0 Å². The molecule has 0 aliphatic carbocycles. The van der Waals surface area contributed by atoms with E-state index in [2.05, 4.69) is 5.32 Å². The molecule has 0 saturated carbocycles. The maximum atomic E-state index is 12.9. The van der Waals surface area contributed by atoms with E-state index >= 15 is 0 Å². The molecule has 0 unspecified atom stereocenters. The van der Waals surface area contributed by atoms with Crippen molar-refractivity contribution in [1.82, 2.24) is 10.2 Å². The van der Waals surface area contributed by atoms with Gasteiger partial charge in [0.1, 0.15) is 11.6 Å². The van der Waals surface area contributed by atoms with Crippen molar-refractivity contribution < 1.29 is 18.4 Å². The minimum absolute atomic E-state index is 0.143. The molecule has 2 amide bonds. The van der Waals surface area contributed by atoms with Gasteiger partial charge in [0.2, 0.25) is 5.91 Å². The Balaban J connectivity index is 1.87. The van der Waals surface area contributed by atoms with Gasteiger partial charge in [-0.3, -0.25) is 9.59 Å². The van der Waals surface area contributed by atoms with Crippen LogP contribution in [0.15, 0.2) is 48.5 Å². The number of hydrogen-bond acceptors (Lipinski definition) is 2. The summed E-state index contributed by atoms with van der Waals surface area (Å²) in [5.41, 5.74) is 1.15. The number of nitrogens with zero attached hydrogens (tertiary/aromatic N) is 1. The molecule has 0 saturated heterocycles. The van der Waals surface area contributed by atoms with E-state index in [-0.39, 0.29) is 24.2 Å². The second kappa shape index (κ2) is 8.19. The van der Waals surface area contributed by atoms with Crippen LogP contribution in [0, 0.1) is 11.6 Å². The average Bonchev–Trinajstić information content (AvgIpc) is 2.56. The van der Waals surface area contributed by atoms with Crippen LogP contribution >= 0.6 is 0 Å². The van der Waals surface area contributed by atoms with Gasteiger partial charge in [-0.2, -0.15) is 0 Å². The molecule has 0 radical (unpaired) electrons. The lowest BCUT2D eigenvalue weighted by molar-refractivity contribution is -0.129. The first-order chi connectivity index (χ1) is 11.5. The number of benzene rings is 2. The number of nitrogens with one attached hydrogen (secondary N) is 1. The molecule has 0 fully saturated rings. The van der Waals surface area contributed by atoms with E-state index in [1.165, 1.54) is 43.3 Å². The first-order valence-corrected chi connectivity index (χ1v) is 7.49. The van der Waals surface area contributed by atoms with E-state index in [0.29, 0.717) is 18.7 Å². The average molecular weight is 332 g/mol. The van der Waals surface area contributed by atoms with Crippen molar-refractivity contribution in [2.75, 3.05) is 13.1 Å². The van der Waals surface area contributed by atoms with Gasteiger partial charge in [-0.25, -0.2) is 8.78 Å². The summed E-state index contributed by atoms with van der Waals surface area (Å²) >= 11 is 0. The highest BCUT2D eigenvalue weighted by Gasteiger charge is 2.11. The van der Waals surface area contributed by atoms with Crippen molar-refractivity contribution >= 4 is 11.8 Å². The van der Waals surface area contributed by atoms with Crippen molar-refractivity contribution in [3.8, 4) is 0 Å². The molecule has 0 spiro atoms. The summed E-state index contributed by atoms with van der Waals surface area (Å²) in [6, 6.07) is 11.1. The second-order valence-electron chi connectivity index (χ2n) is 5.33. The molecule has 24 heavy (non-hydrogen) atoms. The molecule has 2 aromatic rings. The maximum absolute atomic E-state index is 12.9. The molecule has 126 valence electrons. The van der Waals surface area contributed by atoms with Crippen LogP contribution in [0.4, 0.5) is 8.78 Å². The SMILES string of the molecule is CC(=O)N(CCNC(=O)c1ccc(F)cc1)Cc1ccc(F)cc1. The van der Waals surface area contributed by atoms with E-state index in [9.17, 15) is 18.4 Å². The fourth-order valence-corrected chi connectivity index (χ4v) is 2.17. The van der Waals surface area contributed by atoms with Gasteiger partial charge in [-0.1, -0.05) is 12.1 Å². The highest BCUT2D eigenvalue weighted by Crippen LogP contribution is 2.07. The number of amides is 2. The Morgan fingerprint density at radius 3 is 2.04 bits per heavy atom. The molecular weight excluding hydrogens is 314 g/mol. The quantitative estimate of drug-likeness (QED) is 0.884. The molecule has 0 aromatic heterocycles. The van der Waals surface area contributed by atoms with Gasteiger partial charge in [0.15, 0.2) is 0 Å². The molecule has 6 heteroatoms. The molecule has 0 aliphatic rings. The van der Waals surface area contributed by atoms with Crippen LogP contribution in [0.1, 0.15) is 22.8 Å². The van der Waals surface area contributed by atoms with E-state index < -0.39 is 5.82 Å². The fraction of sp³-hybridized carbons (Fsp3) is 0.222. The Bertz CT molecular complexity index is 700. The van der Waals surface area contributed by atoms with Crippen LogP contribution < -0.4 is 5.32 Å². The maximum Gasteiger partial charge on any atom is 0.251 e. The Labute approximate surface area is 139 Å². The summed E-state index contributed by atoms with van der Waals surface area (Å²) < 4.78 is 25.7. The predicted molar refractivity (Wildman–Crippen MR) is 86.2 cm³/mol. The van der Waals surface area contributed by atoms with Gasteiger partial charge in [0.05, 0.1) is 0 Å². The number of halogens is 2. The lowest BCUT2D eigenvalue weighted by Gasteiger charge is -2.21. The van der Waals surface area contributed by atoms with E-state index in [1.54, 1.807) is 17.0 Å². The zero-order valence-electron chi connectivity index (χ0n) is 13.3. The lowest BCUT2D eigenvalue weighted by Crippen LogP contribution is -2.37. The summed E-state index contributed by atoms with van der Waals surface area (Å²) in [5, 5.41) is 2.68. The Hall–Kier alpha value is -2.76. The molecule has 1 N–H and O–H groups in total. The molecular formula is C18H18F2N2O2. The van der Waals surface area contributed by atoms with Gasteiger partial charge >= 0.3 is 0 Å². The summed E-state index contributed by atoms with van der Waals surface area (Å²) in [4.78, 5) is 25.2. The number of carbonyl (C=O) groups is 2. The van der Waals surface area contributed by atoms with E-state index in [4.69, 9.17) is 0 Å². The molecule has 4 nitrogen and oxygen atoms in total. The smallest absolute Gasteiger partial charge is 0.251 e. The molecule has 0 heterocycles. The third-order valence-electron chi connectivity index (χ3n) is 3.51. The lowest BCUT2D eigenvalue weighted by atomic mass is 10.2. The first kappa shape index (κ1) is 17.6. The van der Waals surface area contributed by atoms with Crippen LogP contribution in [0.5, 0.6) is 0 Å². The van der Waals surface area contributed by atoms with Gasteiger partial charge in [-0.15, -0.1) is 0 Å². The largest absolute Gasteiger partial charge is 0.350 e.